The number of anilines is 1. The zero-order valence-corrected chi connectivity index (χ0v) is 27.1. The molecule has 1 fully saturated rings. The number of hydrogen-bond acceptors (Lipinski definition) is 8. The highest BCUT2D eigenvalue weighted by Gasteiger charge is 2.52. The Morgan fingerprint density at radius 3 is 1.83 bits per heavy atom. The van der Waals surface area contributed by atoms with E-state index in [0.29, 0.717) is 26.0 Å². The van der Waals surface area contributed by atoms with Crippen molar-refractivity contribution in [1.82, 2.24) is 4.98 Å². The summed E-state index contributed by atoms with van der Waals surface area (Å²) < 4.78 is 29.9. The first kappa shape index (κ1) is 33.0. The van der Waals surface area contributed by atoms with Crippen molar-refractivity contribution < 1.29 is 33.1 Å². The zero-order valence-electron chi connectivity index (χ0n) is 25.5. The van der Waals surface area contributed by atoms with Crippen LogP contribution in [0.2, 0.25) is 10.0 Å². The largest absolute Gasteiger partial charge is 0.496 e. The average molecular weight is 609 g/mol. The highest BCUT2D eigenvalue weighted by molar-refractivity contribution is 6.62. The number of halogens is 2. The number of carbonyl (C=O) groups is 2. The maximum Gasteiger partial charge on any atom is 0.496 e. The van der Waals surface area contributed by atoms with E-state index in [-0.39, 0.29) is 11.6 Å². The number of aromatic nitrogens is 1. The molecule has 12 heteroatoms. The van der Waals surface area contributed by atoms with Crippen LogP contribution in [0, 0.1) is 0 Å². The molecule has 0 spiro atoms. The molecule has 2 amide bonds. The summed E-state index contributed by atoms with van der Waals surface area (Å²) in [6.45, 7) is 19.6. The standard InChI is InChI=1S/C29H39BCl2N2O7/c1-17(22-19(31)13-12-14-20(22)32)37-21-15-18(30-40-28(8,9)29(10,11)41-30)16-33-23(21)34(24(35)38-26(2,3)4)25(36)39-27(5,6)7/h12-17H,1-11H3. The molecule has 1 atom stereocenters. The predicted molar refractivity (Wildman–Crippen MR) is 160 cm³/mol. The van der Waals surface area contributed by atoms with Gasteiger partial charge in [-0.2, -0.15) is 4.90 Å². The molecule has 0 aliphatic carbocycles. The minimum Gasteiger partial charge on any atom is -0.482 e. The van der Waals surface area contributed by atoms with Crippen LogP contribution < -0.4 is 15.1 Å². The highest BCUT2D eigenvalue weighted by Crippen LogP contribution is 2.39. The van der Waals surface area contributed by atoms with Crippen LogP contribution in [-0.4, -0.2) is 46.7 Å². The van der Waals surface area contributed by atoms with Gasteiger partial charge in [-0.05, 0) is 94.4 Å². The third-order valence-electron chi connectivity index (χ3n) is 6.45. The Bertz CT molecular complexity index is 1240. The average Bonchev–Trinajstić information content (AvgIpc) is 2.99. The molecule has 9 nitrogen and oxygen atoms in total. The third-order valence-corrected chi connectivity index (χ3v) is 7.11. The minimum absolute atomic E-state index is 0.0532. The Hall–Kier alpha value is -2.53. The molecule has 1 aromatic heterocycles. The van der Waals surface area contributed by atoms with Gasteiger partial charge in [0.15, 0.2) is 11.6 Å². The molecule has 224 valence electrons. The third kappa shape index (κ3) is 7.86. The lowest BCUT2D eigenvalue weighted by Gasteiger charge is -2.32. The van der Waals surface area contributed by atoms with Gasteiger partial charge >= 0.3 is 19.3 Å². The van der Waals surface area contributed by atoms with Crippen LogP contribution in [0.15, 0.2) is 30.5 Å². The summed E-state index contributed by atoms with van der Waals surface area (Å²) in [6, 6.07) is 6.71. The van der Waals surface area contributed by atoms with Gasteiger partial charge in [0.1, 0.15) is 17.3 Å². The van der Waals surface area contributed by atoms with Gasteiger partial charge in [-0.3, -0.25) is 0 Å². The number of carbonyl (C=O) groups excluding carboxylic acids is 2. The summed E-state index contributed by atoms with van der Waals surface area (Å²) in [4.78, 5) is 32.1. The molecule has 41 heavy (non-hydrogen) atoms. The van der Waals surface area contributed by atoms with Crippen LogP contribution in [0.5, 0.6) is 5.75 Å². The predicted octanol–water partition coefficient (Wildman–Crippen LogP) is 7.50. The normalized spacial score (nSPS) is 17.1. The van der Waals surface area contributed by atoms with Gasteiger partial charge in [0.25, 0.3) is 0 Å². The first-order valence-corrected chi connectivity index (χ1v) is 14.1. The maximum atomic E-state index is 13.4. The summed E-state index contributed by atoms with van der Waals surface area (Å²) >= 11 is 12.9. The monoisotopic (exact) mass is 608 g/mol. The van der Waals surface area contributed by atoms with E-state index in [4.69, 9.17) is 46.7 Å². The van der Waals surface area contributed by atoms with Crippen LogP contribution in [0.4, 0.5) is 15.4 Å². The smallest absolute Gasteiger partial charge is 0.482 e. The molecule has 0 saturated carbocycles. The number of pyridine rings is 1. The number of imide groups is 1. The number of amides is 2. The van der Waals surface area contributed by atoms with E-state index in [2.05, 4.69) is 4.98 Å². The van der Waals surface area contributed by atoms with Crippen molar-refractivity contribution in [3.8, 4) is 5.75 Å². The molecule has 1 aliphatic heterocycles. The molecule has 1 saturated heterocycles. The summed E-state index contributed by atoms with van der Waals surface area (Å²) in [5.74, 6) is -0.0961. The minimum atomic E-state index is -0.990. The lowest BCUT2D eigenvalue weighted by atomic mass is 9.80. The second-order valence-electron chi connectivity index (χ2n) is 12.9. The maximum absolute atomic E-state index is 13.4. The first-order chi connectivity index (χ1) is 18.6. The summed E-state index contributed by atoms with van der Waals surface area (Å²) in [5, 5.41) is 0.774. The van der Waals surface area contributed by atoms with Gasteiger partial charge in [-0.15, -0.1) is 0 Å². The Morgan fingerprint density at radius 2 is 1.39 bits per heavy atom. The van der Waals surface area contributed by atoms with E-state index in [9.17, 15) is 9.59 Å². The van der Waals surface area contributed by atoms with Crippen LogP contribution in [-0.2, 0) is 18.8 Å². The van der Waals surface area contributed by atoms with Gasteiger partial charge < -0.3 is 23.5 Å². The second-order valence-corrected chi connectivity index (χ2v) is 13.7. The van der Waals surface area contributed by atoms with Crippen LogP contribution in [0.25, 0.3) is 0 Å². The van der Waals surface area contributed by atoms with Crippen molar-refractivity contribution >= 4 is 53.8 Å². The van der Waals surface area contributed by atoms with E-state index < -0.39 is 47.8 Å². The molecule has 2 heterocycles. The summed E-state index contributed by atoms with van der Waals surface area (Å²) in [6.07, 6.45) is -1.24. The van der Waals surface area contributed by atoms with Crippen molar-refractivity contribution in [2.75, 3.05) is 4.90 Å². The van der Waals surface area contributed by atoms with Crippen LogP contribution in [0.1, 0.15) is 87.8 Å². The molecule has 0 radical (unpaired) electrons. The fourth-order valence-electron chi connectivity index (χ4n) is 3.83. The molecular weight excluding hydrogens is 570 g/mol. The first-order valence-electron chi connectivity index (χ1n) is 13.3. The molecule has 1 aliphatic rings. The molecule has 1 unspecified atom stereocenters. The molecule has 0 bridgehead atoms. The van der Waals surface area contributed by atoms with E-state index in [1.54, 1.807) is 72.7 Å². The topological polar surface area (TPSA) is 96.4 Å². The molecule has 2 aromatic rings. The van der Waals surface area contributed by atoms with E-state index >= 15 is 0 Å². The highest BCUT2D eigenvalue weighted by atomic mass is 35.5. The molecule has 1 aromatic carbocycles. The van der Waals surface area contributed by atoms with E-state index in [1.807, 2.05) is 27.7 Å². The van der Waals surface area contributed by atoms with Crippen LogP contribution >= 0.6 is 23.2 Å². The van der Waals surface area contributed by atoms with Gasteiger partial charge in [-0.1, -0.05) is 29.3 Å². The zero-order chi connectivity index (χ0) is 31.1. The Morgan fingerprint density at radius 1 is 0.927 bits per heavy atom. The number of rotatable bonds is 5. The quantitative estimate of drug-likeness (QED) is 0.322. The Balaban J connectivity index is 2.17. The van der Waals surface area contributed by atoms with Gasteiger partial charge in [0.05, 0.1) is 11.2 Å². The van der Waals surface area contributed by atoms with Gasteiger partial charge in [0, 0.05) is 27.3 Å². The number of benzene rings is 1. The molecule has 3 rings (SSSR count). The van der Waals surface area contributed by atoms with Crippen molar-refractivity contribution in [2.45, 2.75) is 105 Å². The molecular formula is C29H39BCl2N2O7. The van der Waals surface area contributed by atoms with E-state index in [1.165, 1.54) is 6.20 Å². The summed E-state index contributed by atoms with van der Waals surface area (Å²) in [7, 11) is -0.792. The Kier molecular flexibility index (Phi) is 9.36. The van der Waals surface area contributed by atoms with E-state index in [0.717, 1.165) is 0 Å². The lowest BCUT2D eigenvalue weighted by Crippen LogP contribution is -2.45. The fraction of sp³-hybridized carbons (Fsp3) is 0.552. The van der Waals surface area contributed by atoms with Crippen LogP contribution in [0.3, 0.4) is 0 Å². The number of hydrogen-bond donors (Lipinski definition) is 0. The summed E-state index contributed by atoms with van der Waals surface area (Å²) in [5.41, 5.74) is -2.04. The van der Waals surface area contributed by atoms with Crippen molar-refractivity contribution in [2.24, 2.45) is 0 Å². The lowest BCUT2D eigenvalue weighted by molar-refractivity contribution is 0.00578. The second kappa shape index (κ2) is 11.6. The van der Waals surface area contributed by atoms with Gasteiger partial charge in [-0.25, -0.2) is 14.6 Å². The fourth-order valence-corrected chi connectivity index (χ4v) is 4.53. The van der Waals surface area contributed by atoms with Crippen molar-refractivity contribution in [1.29, 1.82) is 0 Å². The van der Waals surface area contributed by atoms with Crippen molar-refractivity contribution in [3.63, 3.8) is 0 Å². The van der Waals surface area contributed by atoms with Gasteiger partial charge in [0.2, 0.25) is 0 Å². The SMILES string of the molecule is CC(Oc1cc(B2OC(C)(C)C(C)(C)O2)cnc1N(C(=O)OC(C)(C)C)C(=O)OC(C)(C)C)c1c(Cl)cccc1Cl. The number of nitrogens with zero attached hydrogens (tertiary/aromatic N) is 2. The Labute approximate surface area is 252 Å². The number of ether oxygens (including phenoxy) is 3. The molecule has 0 N–H and O–H groups in total. The van der Waals surface area contributed by atoms with Crippen molar-refractivity contribution in [3.05, 3.63) is 46.1 Å².